The first-order valence-corrected chi connectivity index (χ1v) is 5.71. The highest BCUT2D eigenvalue weighted by Crippen LogP contribution is 2.20. The van der Waals surface area contributed by atoms with Crippen molar-refractivity contribution in [2.24, 2.45) is 5.73 Å². The van der Waals surface area contributed by atoms with Crippen molar-refractivity contribution in [3.05, 3.63) is 41.1 Å². The van der Waals surface area contributed by atoms with Gasteiger partial charge in [-0.1, -0.05) is 12.1 Å². The van der Waals surface area contributed by atoms with Crippen LogP contribution in [0.5, 0.6) is 0 Å². The molecule has 1 aromatic carbocycles. The van der Waals surface area contributed by atoms with Crippen LogP contribution in [0.1, 0.15) is 23.2 Å². The summed E-state index contributed by atoms with van der Waals surface area (Å²) < 4.78 is 0. The van der Waals surface area contributed by atoms with Crippen LogP contribution in [0, 0.1) is 13.8 Å². The first-order valence-electron chi connectivity index (χ1n) is 5.71. The van der Waals surface area contributed by atoms with E-state index in [9.17, 15) is 4.79 Å². The topological polar surface area (TPSA) is 56.0 Å². The number of nitrogens with two attached hydrogens (primary N) is 1. The Labute approximate surface area is 101 Å². The first kappa shape index (κ1) is 11.6. The van der Waals surface area contributed by atoms with Crippen molar-refractivity contribution in [1.29, 1.82) is 0 Å². The fraction of sp³-hybridized carbons (Fsp3) is 0.286. The summed E-state index contributed by atoms with van der Waals surface area (Å²) in [6.45, 7) is 4.03. The van der Waals surface area contributed by atoms with E-state index >= 15 is 0 Å². The lowest BCUT2D eigenvalue weighted by Crippen LogP contribution is -2.11. The van der Waals surface area contributed by atoms with E-state index in [0.29, 0.717) is 12.8 Å². The standard InChI is InChI=1S/C14H16N2O/c1-9-7-11(4-6-13(15)17)8-12-5-3-10(2)16-14(9)12/h3,5,7-8H,4,6H2,1-2H3,(H2,15,17). The van der Waals surface area contributed by atoms with E-state index < -0.39 is 0 Å². The molecule has 0 saturated carbocycles. The average Bonchev–Trinajstić information content (AvgIpc) is 2.27. The minimum atomic E-state index is -0.259. The highest BCUT2D eigenvalue weighted by molar-refractivity contribution is 5.83. The Morgan fingerprint density at radius 3 is 2.76 bits per heavy atom. The van der Waals surface area contributed by atoms with Crippen LogP contribution in [0.25, 0.3) is 10.9 Å². The van der Waals surface area contributed by atoms with Gasteiger partial charge in [0.2, 0.25) is 5.91 Å². The van der Waals surface area contributed by atoms with Gasteiger partial charge in [-0.15, -0.1) is 0 Å². The van der Waals surface area contributed by atoms with E-state index in [0.717, 1.165) is 27.7 Å². The van der Waals surface area contributed by atoms with Crippen LogP contribution < -0.4 is 5.73 Å². The van der Waals surface area contributed by atoms with Crippen molar-refractivity contribution in [3.8, 4) is 0 Å². The number of nitrogens with zero attached hydrogens (tertiary/aromatic N) is 1. The molecule has 0 bridgehead atoms. The molecule has 2 rings (SSSR count). The predicted octanol–water partition coefficient (Wildman–Crippen LogP) is 2.27. The fourth-order valence-electron chi connectivity index (χ4n) is 2.00. The van der Waals surface area contributed by atoms with Crippen molar-refractivity contribution in [1.82, 2.24) is 4.98 Å². The van der Waals surface area contributed by atoms with E-state index in [4.69, 9.17) is 5.73 Å². The number of amides is 1. The van der Waals surface area contributed by atoms with E-state index in [1.807, 2.05) is 19.9 Å². The summed E-state index contributed by atoms with van der Waals surface area (Å²) in [4.78, 5) is 15.3. The second kappa shape index (κ2) is 4.53. The molecule has 0 aliphatic rings. The van der Waals surface area contributed by atoms with Crippen LogP contribution in [0.3, 0.4) is 0 Å². The van der Waals surface area contributed by atoms with Crippen molar-refractivity contribution in [2.75, 3.05) is 0 Å². The molecule has 1 aromatic heterocycles. The Morgan fingerprint density at radius 2 is 2.06 bits per heavy atom. The molecule has 0 aliphatic heterocycles. The maximum atomic E-state index is 10.8. The van der Waals surface area contributed by atoms with E-state index in [1.54, 1.807) is 0 Å². The highest BCUT2D eigenvalue weighted by Gasteiger charge is 2.04. The summed E-state index contributed by atoms with van der Waals surface area (Å²) >= 11 is 0. The maximum Gasteiger partial charge on any atom is 0.217 e. The number of hydrogen-bond donors (Lipinski definition) is 1. The number of carbonyl (C=O) groups is 1. The van der Waals surface area contributed by atoms with Gasteiger partial charge in [0.05, 0.1) is 5.52 Å². The van der Waals surface area contributed by atoms with Crippen LogP contribution in [0.4, 0.5) is 0 Å². The zero-order valence-electron chi connectivity index (χ0n) is 10.2. The SMILES string of the molecule is Cc1ccc2cc(CCC(N)=O)cc(C)c2n1. The van der Waals surface area contributed by atoms with Crippen molar-refractivity contribution in [3.63, 3.8) is 0 Å². The lowest BCUT2D eigenvalue weighted by molar-refractivity contribution is -0.117. The monoisotopic (exact) mass is 228 g/mol. The quantitative estimate of drug-likeness (QED) is 0.876. The Balaban J connectivity index is 2.41. The summed E-state index contributed by atoms with van der Waals surface area (Å²) in [6, 6.07) is 8.23. The van der Waals surface area contributed by atoms with Crippen molar-refractivity contribution < 1.29 is 4.79 Å². The Bertz CT molecular complexity index is 576. The zero-order chi connectivity index (χ0) is 12.4. The van der Waals surface area contributed by atoms with Gasteiger partial charge in [-0.25, -0.2) is 0 Å². The number of benzene rings is 1. The molecular weight excluding hydrogens is 212 g/mol. The molecule has 1 amide bonds. The van der Waals surface area contributed by atoms with Crippen molar-refractivity contribution >= 4 is 16.8 Å². The zero-order valence-corrected chi connectivity index (χ0v) is 10.2. The predicted molar refractivity (Wildman–Crippen MR) is 68.7 cm³/mol. The van der Waals surface area contributed by atoms with Gasteiger partial charge in [0.25, 0.3) is 0 Å². The summed E-state index contributed by atoms with van der Waals surface area (Å²) in [6.07, 6.45) is 1.09. The molecule has 0 spiro atoms. The van der Waals surface area contributed by atoms with Gasteiger partial charge in [0, 0.05) is 17.5 Å². The minimum absolute atomic E-state index is 0.259. The average molecular weight is 228 g/mol. The molecule has 3 heteroatoms. The maximum absolute atomic E-state index is 10.8. The smallest absolute Gasteiger partial charge is 0.217 e. The molecule has 0 fully saturated rings. The van der Waals surface area contributed by atoms with Gasteiger partial charge in [0.15, 0.2) is 0 Å². The molecule has 0 saturated heterocycles. The van der Waals surface area contributed by atoms with Gasteiger partial charge in [-0.2, -0.15) is 0 Å². The normalized spacial score (nSPS) is 10.7. The lowest BCUT2D eigenvalue weighted by atomic mass is 10.0. The number of pyridine rings is 1. The number of aromatic nitrogens is 1. The van der Waals surface area contributed by atoms with Gasteiger partial charge in [-0.05, 0) is 43.5 Å². The van der Waals surface area contributed by atoms with Gasteiger partial charge >= 0.3 is 0 Å². The molecule has 0 atom stereocenters. The molecule has 3 nitrogen and oxygen atoms in total. The van der Waals surface area contributed by atoms with Crippen molar-refractivity contribution in [2.45, 2.75) is 26.7 Å². The van der Waals surface area contributed by atoms with Gasteiger partial charge in [-0.3, -0.25) is 9.78 Å². The Hall–Kier alpha value is -1.90. The van der Waals surface area contributed by atoms with E-state index in [1.165, 1.54) is 0 Å². The number of fused-ring (bicyclic) bond motifs is 1. The third-order valence-corrected chi connectivity index (χ3v) is 2.84. The van der Waals surface area contributed by atoms with Crippen LogP contribution in [0.2, 0.25) is 0 Å². The summed E-state index contributed by atoms with van der Waals surface area (Å²) in [5.74, 6) is -0.259. The van der Waals surface area contributed by atoms with Crippen LogP contribution >= 0.6 is 0 Å². The Morgan fingerprint density at radius 1 is 1.29 bits per heavy atom. The molecular formula is C14H16N2O. The molecule has 0 unspecified atom stereocenters. The van der Waals surface area contributed by atoms with E-state index in [-0.39, 0.29) is 5.91 Å². The molecule has 0 aliphatic carbocycles. The van der Waals surface area contributed by atoms with Crippen LogP contribution in [0.15, 0.2) is 24.3 Å². The molecule has 17 heavy (non-hydrogen) atoms. The van der Waals surface area contributed by atoms with Crippen LogP contribution in [-0.4, -0.2) is 10.9 Å². The minimum Gasteiger partial charge on any atom is -0.370 e. The van der Waals surface area contributed by atoms with Gasteiger partial charge < -0.3 is 5.73 Å². The van der Waals surface area contributed by atoms with Crippen LogP contribution in [-0.2, 0) is 11.2 Å². The first-order chi connectivity index (χ1) is 8.06. The second-order valence-corrected chi connectivity index (χ2v) is 4.40. The largest absolute Gasteiger partial charge is 0.370 e. The second-order valence-electron chi connectivity index (χ2n) is 4.40. The number of hydrogen-bond acceptors (Lipinski definition) is 2. The number of aryl methyl sites for hydroxylation is 3. The Kier molecular flexibility index (Phi) is 3.09. The highest BCUT2D eigenvalue weighted by atomic mass is 16.1. The molecule has 2 aromatic rings. The summed E-state index contributed by atoms with van der Waals surface area (Å²) in [5.41, 5.74) is 9.50. The molecule has 1 heterocycles. The fourth-order valence-corrected chi connectivity index (χ4v) is 2.00. The van der Waals surface area contributed by atoms with E-state index in [2.05, 4.69) is 23.2 Å². The number of primary amides is 1. The lowest BCUT2D eigenvalue weighted by Gasteiger charge is -2.06. The molecule has 2 N–H and O–H groups in total. The number of carbonyl (C=O) groups excluding carboxylic acids is 1. The third-order valence-electron chi connectivity index (χ3n) is 2.84. The molecule has 88 valence electrons. The summed E-state index contributed by atoms with van der Waals surface area (Å²) in [5, 5.41) is 1.12. The number of rotatable bonds is 3. The molecule has 0 radical (unpaired) electrons. The summed E-state index contributed by atoms with van der Waals surface area (Å²) in [7, 11) is 0. The third kappa shape index (κ3) is 2.61. The van der Waals surface area contributed by atoms with Gasteiger partial charge in [0.1, 0.15) is 0 Å².